The Kier molecular flexibility index (Phi) is 7.28. The van der Waals surface area contributed by atoms with Crippen molar-refractivity contribution in [3.8, 4) is 17.7 Å². The fraction of sp³-hybridized carbons (Fsp3) is 0.222. The summed E-state index contributed by atoms with van der Waals surface area (Å²) in [5.74, 6) is -0.449. The van der Waals surface area contributed by atoms with Gasteiger partial charge in [-0.05, 0) is 31.2 Å². The minimum absolute atomic E-state index is 0.0285. The highest BCUT2D eigenvalue weighted by molar-refractivity contribution is 9.10. The third kappa shape index (κ3) is 5.77. The number of ether oxygens (including phenoxy) is 2. The van der Waals surface area contributed by atoms with Gasteiger partial charge in [0.15, 0.2) is 6.61 Å². The summed E-state index contributed by atoms with van der Waals surface area (Å²) in [7, 11) is 1.52. The van der Waals surface area contributed by atoms with Crippen molar-refractivity contribution in [3.63, 3.8) is 0 Å². The smallest absolute Gasteiger partial charge is 0.278 e. The van der Waals surface area contributed by atoms with Gasteiger partial charge in [-0.2, -0.15) is 10.4 Å². The zero-order valence-electron chi connectivity index (χ0n) is 14.7. The van der Waals surface area contributed by atoms with Gasteiger partial charge in [-0.1, -0.05) is 15.9 Å². The van der Waals surface area contributed by atoms with E-state index in [1.165, 1.54) is 19.4 Å². The van der Waals surface area contributed by atoms with Gasteiger partial charge in [0.2, 0.25) is 5.88 Å². The van der Waals surface area contributed by atoms with Crippen molar-refractivity contribution in [2.24, 2.45) is 5.10 Å². The molecule has 0 saturated carbocycles. The van der Waals surface area contributed by atoms with Crippen LogP contribution in [-0.4, -0.2) is 35.9 Å². The van der Waals surface area contributed by atoms with Gasteiger partial charge in [0.1, 0.15) is 17.4 Å². The van der Waals surface area contributed by atoms with Gasteiger partial charge in [0, 0.05) is 28.4 Å². The van der Waals surface area contributed by atoms with E-state index in [4.69, 9.17) is 9.47 Å². The van der Waals surface area contributed by atoms with E-state index in [1.54, 1.807) is 25.1 Å². The summed E-state index contributed by atoms with van der Waals surface area (Å²) in [4.78, 5) is 16.0. The Morgan fingerprint density at radius 1 is 1.48 bits per heavy atom. The molecule has 0 aliphatic carbocycles. The average molecular weight is 433 g/mol. The number of hydrogen-bond acceptors (Lipinski definition) is 7. The molecule has 0 saturated heterocycles. The van der Waals surface area contributed by atoms with Crippen LogP contribution in [0.1, 0.15) is 22.4 Å². The highest BCUT2D eigenvalue weighted by atomic mass is 79.9. The molecule has 0 spiro atoms. The van der Waals surface area contributed by atoms with Crippen LogP contribution in [0.4, 0.5) is 0 Å². The topological polar surface area (TPSA) is 117 Å². The van der Waals surface area contributed by atoms with Crippen LogP contribution in [0.25, 0.3) is 0 Å². The van der Waals surface area contributed by atoms with Crippen molar-refractivity contribution in [1.29, 1.82) is 5.26 Å². The summed E-state index contributed by atoms with van der Waals surface area (Å²) in [6.45, 7) is 1.61. The number of halogens is 1. The molecule has 1 aromatic carbocycles. The van der Waals surface area contributed by atoms with Crippen LogP contribution >= 0.6 is 15.9 Å². The van der Waals surface area contributed by atoms with Crippen LogP contribution in [-0.2, 0) is 16.1 Å². The molecule has 2 rings (SSSR count). The molecule has 1 heterocycles. The van der Waals surface area contributed by atoms with Crippen molar-refractivity contribution in [2.45, 2.75) is 13.5 Å². The first-order chi connectivity index (χ1) is 12.9. The number of amides is 1. The molecule has 1 amide bonds. The van der Waals surface area contributed by atoms with Gasteiger partial charge in [-0.25, -0.2) is 10.4 Å². The summed E-state index contributed by atoms with van der Waals surface area (Å²) in [5, 5.41) is 22.8. The number of carbonyl (C=O) groups excluding carboxylic acids is 1. The zero-order valence-corrected chi connectivity index (χ0v) is 16.3. The molecule has 0 radical (unpaired) electrons. The number of rotatable bonds is 7. The number of phenols is 1. The van der Waals surface area contributed by atoms with E-state index < -0.39 is 5.91 Å². The molecule has 2 aromatic rings. The van der Waals surface area contributed by atoms with Crippen molar-refractivity contribution in [3.05, 3.63) is 51.1 Å². The normalized spacial score (nSPS) is 10.6. The number of carbonyl (C=O) groups is 1. The summed E-state index contributed by atoms with van der Waals surface area (Å²) in [6, 6.07) is 8.57. The van der Waals surface area contributed by atoms with Gasteiger partial charge >= 0.3 is 0 Å². The van der Waals surface area contributed by atoms with Gasteiger partial charge < -0.3 is 14.6 Å². The Hall–Kier alpha value is -2.96. The lowest BCUT2D eigenvalue weighted by molar-refractivity contribution is -0.123. The lowest BCUT2D eigenvalue weighted by Gasteiger charge is -2.10. The number of nitrogens with zero attached hydrogens (tertiary/aromatic N) is 3. The van der Waals surface area contributed by atoms with E-state index in [-0.39, 0.29) is 30.4 Å². The predicted molar refractivity (Wildman–Crippen MR) is 101 cm³/mol. The number of aryl methyl sites for hydroxylation is 1. The number of pyridine rings is 1. The van der Waals surface area contributed by atoms with Crippen LogP contribution in [0.15, 0.2) is 33.8 Å². The highest BCUT2D eigenvalue weighted by Gasteiger charge is 2.14. The molecule has 140 valence electrons. The number of hydrazone groups is 1. The quantitative estimate of drug-likeness (QED) is 0.512. The van der Waals surface area contributed by atoms with Crippen molar-refractivity contribution >= 4 is 28.1 Å². The van der Waals surface area contributed by atoms with E-state index in [0.29, 0.717) is 16.8 Å². The lowest BCUT2D eigenvalue weighted by Crippen LogP contribution is -2.25. The van der Waals surface area contributed by atoms with Gasteiger partial charge in [-0.15, -0.1) is 0 Å². The molecular formula is C18H17BrN4O4. The van der Waals surface area contributed by atoms with Gasteiger partial charge in [-0.3, -0.25) is 4.79 Å². The Bertz CT molecular complexity index is 909. The number of hydrogen-bond donors (Lipinski definition) is 2. The maximum atomic E-state index is 11.9. The monoisotopic (exact) mass is 432 g/mol. The molecule has 2 N–H and O–H groups in total. The summed E-state index contributed by atoms with van der Waals surface area (Å²) < 4.78 is 11.2. The molecule has 0 atom stereocenters. The molecule has 0 unspecified atom stereocenters. The fourth-order valence-electron chi connectivity index (χ4n) is 2.17. The molecule has 9 heteroatoms. The minimum Gasteiger partial charge on any atom is -0.507 e. The second-order valence-corrected chi connectivity index (χ2v) is 6.35. The Labute approximate surface area is 164 Å². The molecule has 8 nitrogen and oxygen atoms in total. The number of phenolic OH excluding ortho intramolecular Hbond substituents is 1. The minimum atomic E-state index is -0.541. The number of nitrogens with one attached hydrogen (secondary N) is 1. The van der Waals surface area contributed by atoms with Crippen molar-refractivity contribution < 1.29 is 19.4 Å². The van der Waals surface area contributed by atoms with Crippen LogP contribution in [0, 0.1) is 18.3 Å². The van der Waals surface area contributed by atoms with Gasteiger partial charge in [0.05, 0.1) is 12.8 Å². The Morgan fingerprint density at radius 2 is 2.26 bits per heavy atom. The molecule has 0 fully saturated rings. The number of aromatic nitrogens is 1. The van der Waals surface area contributed by atoms with Crippen LogP contribution in [0.5, 0.6) is 11.6 Å². The van der Waals surface area contributed by atoms with E-state index >= 15 is 0 Å². The summed E-state index contributed by atoms with van der Waals surface area (Å²) in [5.41, 5.74) is 4.21. The lowest BCUT2D eigenvalue weighted by atomic mass is 10.1. The molecule has 27 heavy (non-hydrogen) atoms. The maximum Gasteiger partial charge on any atom is 0.278 e. The fourth-order valence-corrected chi connectivity index (χ4v) is 2.55. The average Bonchev–Trinajstić information content (AvgIpc) is 2.63. The standard InChI is InChI=1S/C18H17BrN4O4/c1-11-5-13(9-26-2)15(7-20)18(22-11)27-10-17(25)23-21-8-12-6-14(19)3-4-16(12)24/h3-6,8,24H,9-10H2,1-2H3,(H,23,25)/b21-8-. The Morgan fingerprint density at radius 3 is 2.96 bits per heavy atom. The van der Waals surface area contributed by atoms with Crippen molar-refractivity contribution in [2.75, 3.05) is 13.7 Å². The molecular weight excluding hydrogens is 416 g/mol. The summed E-state index contributed by atoms with van der Waals surface area (Å²) in [6.07, 6.45) is 1.31. The molecule has 0 aliphatic rings. The third-order valence-corrected chi connectivity index (χ3v) is 3.82. The van der Waals surface area contributed by atoms with Crippen LogP contribution in [0.2, 0.25) is 0 Å². The Balaban J connectivity index is 2.00. The number of nitriles is 1. The van der Waals surface area contributed by atoms with E-state index in [0.717, 1.165) is 4.47 Å². The largest absolute Gasteiger partial charge is 0.507 e. The number of benzene rings is 1. The van der Waals surface area contributed by atoms with Crippen LogP contribution in [0.3, 0.4) is 0 Å². The molecule has 0 aliphatic heterocycles. The highest BCUT2D eigenvalue weighted by Crippen LogP contribution is 2.21. The number of methoxy groups -OCH3 is 1. The molecule has 0 bridgehead atoms. The second kappa shape index (κ2) is 9.66. The van der Waals surface area contributed by atoms with Gasteiger partial charge in [0.25, 0.3) is 5.91 Å². The number of aromatic hydroxyl groups is 1. The second-order valence-electron chi connectivity index (χ2n) is 5.43. The first-order valence-electron chi connectivity index (χ1n) is 7.77. The SMILES string of the molecule is COCc1cc(C)nc(OCC(=O)N/N=C\c2cc(Br)ccc2O)c1C#N. The summed E-state index contributed by atoms with van der Waals surface area (Å²) >= 11 is 3.28. The third-order valence-electron chi connectivity index (χ3n) is 3.33. The van der Waals surface area contributed by atoms with Crippen LogP contribution < -0.4 is 10.2 Å². The predicted octanol–water partition coefficient (Wildman–Crippen LogP) is 2.41. The molecule has 1 aromatic heterocycles. The maximum absolute atomic E-state index is 11.9. The zero-order chi connectivity index (χ0) is 19.8. The first-order valence-corrected chi connectivity index (χ1v) is 8.56. The van der Waals surface area contributed by atoms with Crippen molar-refractivity contribution in [1.82, 2.24) is 10.4 Å². The first kappa shape index (κ1) is 20.4. The van der Waals surface area contributed by atoms with E-state index in [1.807, 2.05) is 6.07 Å². The van der Waals surface area contributed by atoms with E-state index in [2.05, 4.69) is 31.4 Å². The van der Waals surface area contributed by atoms with E-state index in [9.17, 15) is 15.2 Å².